The summed E-state index contributed by atoms with van der Waals surface area (Å²) >= 11 is 0. The molecule has 0 aliphatic heterocycles. The molecule has 2 N–H and O–H groups in total. The van der Waals surface area contributed by atoms with Crippen molar-refractivity contribution in [2.45, 2.75) is 44.6 Å². The van der Waals surface area contributed by atoms with E-state index in [0.29, 0.717) is 12.0 Å². The lowest BCUT2D eigenvalue weighted by Gasteiger charge is -2.25. The molecule has 3 aliphatic carbocycles. The van der Waals surface area contributed by atoms with Gasteiger partial charge in [0.25, 0.3) is 0 Å². The van der Waals surface area contributed by atoms with E-state index in [9.17, 15) is 5.11 Å². The lowest BCUT2D eigenvalue weighted by atomic mass is 9.94. The van der Waals surface area contributed by atoms with Crippen molar-refractivity contribution in [1.29, 1.82) is 0 Å². The minimum absolute atomic E-state index is 0.293. The molecular formula is C12H21NO. The molecule has 0 radical (unpaired) electrons. The molecule has 0 aromatic heterocycles. The highest BCUT2D eigenvalue weighted by Crippen LogP contribution is 2.47. The number of fused-ring (bicyclic) bond motifs is 2. The maximum atomic E-state index is 9.22. The van der Waals surface area contributed by atoms with Crippen LogP contribution in [0.1, 0.15) is 38.5 Å². The van der Waals surface area contributed by atoms with Gasteiger partial charge < -0.3 is 10.4 Å². The number of rotatable bonds is 4. The van der Waals surface area contributed by atoms with E-state index in [1.165, 1.54) is 38.5 Å². The van der Waals surface area contributed by atoms with Gasteiger partial charge in [-0.2, -0.15) is 0 Å². The Labute approximate surface area is 86.1 Å². The van der Waals surface area contributed by atoms with Crippen LogP contribution in [0.4, 0.5) is 0 Å². The van der Waals surface area contributed by atoms with Crippen molar-refractivity contribution >= 4 is 0 Å². The highest BCUT2D eigenvalue weighted by atomic mass is 16.3. The highest BCUT2D eigenvalue weighted by molar-refractivity contribution is 4.99. The molecular weight excluding hydrogens is 174 g/mol. The van der Waals surface area contributed by atoms with Gasteiger partial charge in [0, 0.05) is 24.6 Å². The third-order valence-electron chi connectivity index (χ3n) is 4.77. The summed E-state index contributed by atoms with van der Waals surface area (Å²) in [6, 6.07) is 0.790. The van der Waals surface area contributed by atoms with Crippen molar-refractivity contribution in [3.63, 3.8) is 0 Å². The molecule has 14 heavy (non-hydrogen) atoms. The van der Waals surface area contributed by atoms with Gasteiger partial charge in [0.2, 0.25) is 0 Å². The Morgan fingerprint density at radius 2 is 2.07 bits per heavy atom. The molecule has 3 unspecified atom stereocenters. The first-order chi connectivity index (χ1) is 6.81. The summed E-state index contributed by atoms with van der Waals surface area (Å²) in [7, 11) is 0. The summed E-state index contributed by atoms with van der Waals surface area (Å²) in [4.78, 5) is 0. The van der Waals surface area contributed by atoms with Crippen LogP contribution in [0.3, 0.4) is 0 Å². The van der Waals surface area contributed by atoms with Crippen LogP contribution in [-0.2, 0) is 0 Å². The van der Waals surface area contributed by atoms with E-state index < -0.39 is 0 Å². The molecule has 3 fully saturated rings. The Bertz CT molecular complexity index is 224. The maximum absolute atomic E-state index is 9.22. The van der Waals surface area contributed by atoms with Gasteiger partial charge in [-0.1, -0.05) is 6.42 Å². The molecule has 0 amide bonds. The zero-order valence-corrected chi connectivity index (χ0v) is 8.84. The number of hydrogen-bond acceptors (Lipinski definition) is 2. The molecule has 0 saturated heterocycles. The fourth-order valence-electron chi connectivity index (χ4n) is 3.41. The molecule has 3 rings (SSSR count). The van der Waals surface area contributed by atoms with Crippen LogP contribution in [0.25, 0.3) is 0 Å². The van der Waals surface area contributed by atoms with E-state index in [-0.39, 0.29) is 0 Å². The fraction of sp³-hybridized carbons (Fsp3) is 1.00. The van der Waals surface area contributed by atoms with Crippen molar-refractivity contribution in [1.82, 2.24) is 5.32 Å². The first kappa shape index (κ1) is 9.17. The molecule has 0 aromatic carbocycles. The van der Waals surface area contributed by atoms with Crippen LogP contribution in [0, 0.1) is 17.3 Å². The first-order valence-corrected chi connectivity index (χ1v) is 6.16. The van der Waals surface area contributed by atoms with Crippen LogP contribution in [0.5, 0.6) is 0 Å². The second-order valence-corrected chi connectivity index (χ2v) is 5.82. The molecule has 3 saturated carbocycles. The zero-order valence-electron chi connectivity index (χ0n) is 8.84. The van der Waals surface area contributed by atoms with Gasteiger partial charge in [-0.25, -0.2) is 0 Å². The van der Waals surface area contributed by atoms with E-state index in [1.54, 1.807) is 0 Å². The summed E-state index contributed by atoms with van der Waals surface area (Å²) in [5, 5.41) is 12.9. The summed E-state index contributed by atoms with van der Waals surface area (Å²) in [5.74, 6) is 2.00. The van der Waals surface area contributed by atoms with E-state index in [4.69, 9.17) is 0 Å². The van der Waals surface area contributed by atoms with Gasteiger partial charge >= 0.3 is 0 Å². The minimum Gasteiger partial charge on any atom is -0.396 e. The maximum Gasteiger partial charge on any atom is 0.0499 e. The van der Waals surface area contributed by atoms with Crippen LogP contribution in [0.2, 0.25) is 0 Å². The van der Waals surface area contributed by atoms with Crippen molar-refractivity contribution < 1.29 is 5.11 Å². The van der Waals surface area contributed by atoms with E-state index in [1.807, 2.05) is 0 Å². The molecule has 2 bridgehead atoms. The monoisotopic (exact) mass is 195 g/mol. The average molecular weight is 195 g/mol. The molecule has 3 atom stereocenters. The predicted octanol–water partition coefficient (Wildman–Crippen LogP) is 1.54. The highest BCUT2D eigenvalue weighted by Gasteiger charge is 2.44. The molecule has 0 heterocycles. The molecule has 80 valence electrons. The predicted molar refractivity (Wildman–Crippen MR) is 56.0 cm³/mol. The second-order valence-electron chi connectivity index (χ2n) is 5.82. The third-order valence-corrected chi connectivity index (χ3v) is 4.77. The summed E-state index contributed by atoms with van der Waals surface area (Å²) in [6.45, 7) is 1.46. The molecule has 2 heteroatoms. The number of aliphatic hydroxyl groups is 1. The lowest BCUT2D eigenvalue weighted by molar-refractivity contribution is 0.197. The van der Waals surface area contributed by atoms with Crippen molar-refractivity contribution in [2.75, 3.05) is 13.2 Å². The van der Waals surface area contributed by atoms with E-state index >= 15 is 0 Å². The Morgan fingerprint density at radius 3 is 2.57 bits per heavy atom. The van der Waals surface area contributed by atoms with Gasteiger partial charge in [0.15, 0.2) is 0 Å². The zero-order chi connectivity index (χ0) is 9.60. The largest absolute Gasteiger partial charge is 0.396 e. The summed E-state index contributed by atoms with van der Waals surface area (Å²) in [5.41, 5.74) is 0.293. The third kappa shape index (κ3) is 1.49. The van der Waals surface area contributed by atoms with Crippen molar-refractivity contribution in [2.24, 2.45) is 17.3 Å². The van der Waals surface area contributed by atoms with E-state index in [0.717, 1.165) is 24.4 Å². The Hall–Kier alpha value is -0.0800. The average Bonchev–Trinajstić information content (AvgIpc) is 2.69. The molecule has 0 spiro atoms. The number of aliphatic hydroxyl groups excluding tert-OH is 1. The SMILES string of the molecule is OCC1(CNC2CC3CCC2C3)CC1. The lowest BCUT2D eigenvalue weighted by Crippen LogP contribution is -2.38. The first-order valence-electron chi connectivity index (χ1n) is 6.16. The topological polar surface area (TPSA) is 32.3 Å². The van der Waals surface area contributed by atoms with Crippen molar-refractivity contribution in [3.8, 4) is 0 Å². The van der Waals surface area contributed by atoms with Gasteiger partial charge in [-0.3, -0.25) is 0 Å². The fourth-order valence-corrected chi connectivity index (χ4v) is 3.41. The van der Waals surface area contributed by atoms with Gasteiger partial charge in [-0.15, -0.1) is 0 Å². The smallest absolute Gasteiger partial charge is 0.0499 e. The van der Waals surface area contributed by atoms with Crippen LogP contribution in [0.15, 0.2) is 0 Å². The Balaban J connectivity index is 1.49. The van der Waals surface area contributed by atoms with Crippen LogP contribution < -0.4 is 5.32 Å². The van der Waals surface area contributed by atoms with Gasteiger partial charge in [-0.05, 0) is 43.9 Å². The van der Waals surface area contributed by atoms with E-state index in [2.05, 4.69) is 5.32 Å². The van der Waals surface area contributed by atoms with Crippen molar-refractivity contribution in [3.05, 3.63) is 0 Å². The molecule has 0 aromatic rings. The standard InChI is InChI=1S/C12H21NO/c14-8-12(3-4-12)7-13-11-6-9-1-2-10(11)5-9/h9-11,13-14H,1-8H2. The Kier molecular flexibility index (Phi) is 2.10. The van der Waals surface area contributed by atoms with Gasteiger partial charge in [0.1, 0.15) is 0 Å². The molecule has 2 nitrogen and oxygen atoms in total. The quantitative estimate of drug-likeness (QED) is 0.713. The molecule has 3 aliphatic rings. The minimum atomic E-state index is 0.293. The number of nitrogens with one attached hydrogen (secondary N) is 1. The van der Waals surface area contributed by atoms with Gasteiger partial charge in [0.05, 0.1) is 0 Å². The summed E-state index contributed by atoms with van der Waals surface area (Å²) in [6.07, 6.45) is 8.28. The second kappa shape index (κ2) is 3.21. The van der Waals surface area contributed by atoms with Crippen LogP contribution >= 0.6 is 0 Å². The van der Waals surface area contributed by atoms with Crippen LogP contribution in [-0.4, -0.2) is 24.3 Å². The normalized spacial score (nSPS) is 43.1. The Morgan fingerprint density at radius 1 is 1.21 bits per heavy atom. The summed E-state index contributed by atoms with van der Waals surface area (Å²) < 4.78 is 0. The number of hydrogen-bond donors (Lipinski definition) is 2.